The molecular weight excluding hydrogens is 320 g/mol. The number of aliphatic carboxylic acids is 1. The second kappa shape index (κ2) is 9.20. The van der Waals surface area contributed by atoms with E-state index in [4.69, 9.17) is 5.11 Å². The summed E-state index contributed by atoms with van der Waals surface area (Å²) < 4.78 is 0. The van der Waals surface area contributed by atoms with Crippen LogP contribution in [-0.2, 0) is 14.4 Å². The Kier molecular flexibility index (Phi) is 6.98. The number of hydrogen-bond acceptors (Lipinski definition) is 3. The van der Waals surface area contributed by atoms with E-state index < -0.39 is 5.97 Å². The third kappa shape index (κ3) is 6.21. The van der Waals surface area contributed by atoms with Gasteiger partial charge in [-0.1, -0.05) is 30.3 Å². The fourth-order valence-electron chi connectivity index (χ4n) is 3.34. The summed E-state index contributed by atoms with van der Waals surface area (Å²) in [6, 6.07) is 9.13. The van der Waals surface area contributed by atoms with Crippen molar-refractivity contribution in [3.63, 3.8) is 0 Å². The average Bonchev–Trinajstić information content (AvgIpc) is 2.60. The number of carboxylic acids is 1. The first-order valence-corrected chi connectivity index (χ1v) is 8.77. The standard InChI is InChI=1S/C19H26N2O4/c1-14(22)20-17(16-7-3-2-4-8-16)12-18(23)21-11-5-6-15(13-21)9-10-19(24)25/h2-4,7-8,15,17H,5-6,9-13H2,1H3,(H,20,22)(H,24,25). The Morgan fingerprint density at radius 2 is 2.00 bits per heavy atom. The Morgan fingerprint density at radius 1 is 1.28 bits per heavy atom. The zero-order valence-electron chi connectivity index (χ0n) is 14.6. The fourth-order valence-corrected chi connectivity index (χ4v) is 3.34. The number of carbonyl (C=O) groups excluding carboxylic acids is 2. The van der Waals surface area contributed by atoms with Crippen LogP contribution in [0.1, 0.15) is 50.6 Å². The molecule has 1 aliphatic rings. The quantitative estimate of drug-likeness (QED) is 0.793. The molecule has 2 amide bonds. The lowest BCUT2D eigenvalue weighted by Crippen LogP contribution is -2.42. The Morgan fingerprint density at radius 3 is 2.64 bits per heavy atom. The van der Waals surface area contributed by atoms with Crippen molar-refractivity contribution in [2.24, 2.45) is 5.92 Å². The molecule has 1 fully saturated rings. The van der Waals surface area contributed by atoms with Gasteiger partial charge in [0.05, 0.1) is 12.5 Å². The zero-order chi connectivity index (χ0) is 18.2. The predicted molar refractivity (Wildman–Crippen MR) is 93.8 cm³/mol. The Bertz CT molecular complexity index is 603. The van der Waals surface area contributed by atoms with Crippen LogP contribution in [0.3, 0.4) is 0 Å². The van der Waals surface area contributed by atoms with E-state index in [-0.39, 0.29) is 36.6 Å². The maximum absolute atomic E-state index is 12.7. The lowest BCUT2D eigenvalue weighted by Gasteiger charge is -2.33. The summed E-state index contributed by atoms with van der Waals surface area (Å²) in [5.41, 5.74) is 0.908. The molecule has 1 aromatic rings. The van der Waals surface area contributed by atoms with Gasteiger partial charge in [-0.2, -0.15) is 0 Å². The lowest BCUT2D eigenvalue weighted by molar-refractivity contribution is -0.137. The lowest BCUT2D eigenvalue weighted by atomic mass is 9.92. The molecule has 0 bridgehead atoms. The summed E-state index contributed by atoms with van der Waals surface area (Å²) in [4.78, 5) is 36.8. The van der Waals surface area contributed by atoms with Crippen molar-refractivity contribution in [1.29, 1.82) is 0 Å². The number of carbonyl (C=O) groups is 3. The molecule has 0 spiro atoms. The molecule has 6 nitrogen and oxygen atoms in total. The van der Waals surface area contributed by atoms with E-state index >= 15 is 0 Å². The molecule has 0 aromatic heterocycles. The summed E-state index contributed by atoms with van der Waals surface area (Å²) >= 11 is 0. The number of piperidine rings is 1. The number of carboxylic acid groups (broad SMARTS) is 1. The minimum Gasteiger partial charge on any atom is -0.481 e. The van der Waals surface area contributed by atoms with Gasteiger partial charge in [-0.3, -0.25) is 14.4 Å². The Hall–Kier alpha value is -2.37. The number of likely N-dealkylation sites (tertiary alicyclic amines) is 1. The highest BCUT2D eigenvalue weighted by atomic mass is 16.4. The van der Waals surface area contributed by atoms with Crippen LogP contribution in [0.25, 0.3) is 0 Å². The highest BCUT2D eigenvalue weighted by molar-refractivity contribution is 5.79. The first-order valence-electron chi connectivity index (χ1n) is 8.77. The molecule has 2 N–H and O–H groups in total. The summed E-state index contributed by atoms with van der Waals surface area (Å²) in [6.45, 7) is 2.75. The van der Waals surface area contributed by atoms with Gasteiger partial charge in [0.25, 0.3) is 0 Å². The zero-order valence-corrected chi connectivity index (χ0v) is 14.6. The van der Waals surface area contributed by atoms with Crippen molar-refractivity contribution in [1.82, 2.24) is 10.2 Å². The smallest absolute Gasteiger partial charge is 0.303 e. The fraction of sp³-hybridized carbons (Fsp3) is 0.526. The van der Waals surface area contributed by atoms with Crippen LogP contribution in [0.4, 0.5) is 0 Å². The van der Waals surface area contributed by atoms with Gasteiger partial charge in [-0.05, 0) is 30.7 Å². The van der Waals surface area contributed by atoms with Crippen molar-refractivity contribution >= 4 is 17.8 Å². The molecule has 1 saturated heterocycles. The van der Waals surface area contributed by atoms with Gasteiger partial charge in [-0.15, -0.1) is 0 Å². The van der Waals surface area contributed by atoms with Crippen LogP contribution in [0.2, 0.25) is 0 Å². The topological polar surface area (TPSA) is 86.7 Å². The second-order valence-electron chi connectivity index (χ2n) is 6.65. The second-order valence-corrected chi connectivity index (χ2v) is 6.65. The van der Waals surface area contributed by atoms with Gasteiger partial charge in [-0.25, -0.2) is 0 Å². The molecule has 1 heterocycles. The van der Waals surface area contributed by atoms with Crippen LogP contribution in [0, 0.1) is 5.92 Å². The van der Waals surface area contributed by atoms with E-state index in [9.17, 15) is 14.4 Å². The SMILES string of the molecule is CC(=O)NC(CC(=O)N1CCCC(CCC(=O)O)C1)c1ccccc1. The van der Waals surface area contributed by atoms with E-state index in [0.717, 1.165) is 18.4 Å². The van der Waals surface area contributed by atoms with Gasteiger partial charge >= 0.3 is 5.97 Å². The molecule has 6 heteroatoms. The van der Waals surface area contributed by atoms with Crippen molar-refractivity contribution < 1.29 is 19.5 Å². The Balaban J connectivity index is 1.97. The van der Waals surface area contributed by atoms with E-state index in [1.54, 1.807) is 0 Å². The van der Waals surface area contributed by atoms with E-state index in [2.05, 4.69) is 5.32 Å². The summed E-state index contributed by atoms with van der Waals surface area (Å²) in [6.07, 6.45) is 2.82. The first kappa shape index (κ1) is 19.0. The van der Waals surface area contributed by atoms with Crippen LogP contribution in [0.15, 0.2) is 30.3 Å². The largest absolute Gasteiger partial charge is 0.481 e. The number of nitrogens with zero attached hydrogens (tertiary/aromatic N) is 1. The van der Waals surface area contributed by atoms with Gasteiger partial charge in [0, 0.05) is 26.4 Å². The van der Waals surface area contributed by atoms with E-state index in [1.807, 2.05) is 35.2 Å². The third-order valence-electron chi connectivity index (χ3n) is 4.60. The molecule has 2 unspecified atom stereocenters. The maximum atomic E-state index is 12.7. The highest BCUT2D eigenvalue weighted by Gasteiger charge is 2.26. The van der Waals surface area contributed by atoms with Crippen LogP contribution < -0.4 is 5.32 Å². The molecule has 0 saturated carbocycles. The predicted octanol–water partition coefficient (Wildman–Crippen LogP) is 2.36. The molecule has 1 aliphatic heterocycles. The normalized spacial score (nSPS) is 18.4. The van der Waals surface area contributed by atoms with Crippen LogP contribution in [-0.4, -0.2) is 40.9 Å². The van der Waals surface area contributed by atoms with Crippen LogP contribution in [0.5, 0.6) is 0 Å². The summed E-state index contributed by atoms with van der Waals surface area (Å²) in [5.74, 6) is -0.717. The summed E-state index contributed by atoms with van der Waals surface area (Å²) in [5, 5.41) is 11.7. The maximum Gasteiger partial charge on any atom is 0.303 e. The van der Waals surface area contributed by atoms with Gasteiger partial charge < -0.3 is 15.3 Å². The Labute approximate surface area is 148 Å². The van der Waals surface area contributed by atoms with Crippen molar-refractivity contribution in [3.05, 3.63) is 35.9 Å². The number of rotatable bonds is 7. The summed E-state index contributed by atoms with van der Waals surface area (Å²) in [7, 11) is 0. The number of nitrogens with one attached hydrogen (secondary N) is 1. The molecule has 25 heavy (non-hydrogen) atoms. The average molecular weight is 346 g/mol. The van der Waals surface area contributed by atoms with Crippen molar-refractivity contribution in [3.8, 4) is 0 Å². The monoisotopic (exact) mass is 346 g/mol. The number of amides is 2. The van der Waals surface area contributed by atoms with Crippen LogP contribution >= 0.6 is 0 Å². The molecular formula is C19H26N2O4. The minimum atomic E-state index is -0.793. The molecule has 136 valence electrons. The number of hydrogen-bond donors (Lipinski definition) is 2. The highest BCUT2D eigenvalue weighted by Crippen LogP contribution is 2.24. The minimum absolute atomic E-state index is 0.00243. The molecule has 2 rings (SSSR count). The van der Waals surface area contributed by atoms with Crippen molar-refractivity contribution in [2.45, 2.75) is 45.1 Å². The van der Waals surface area contributed by atoms with Crippen molar-refractivity contribution in [2.75, 3.05) is 13.1 Å². The molecule has 1 aromatic carbocycles. The molecule has 0 aliphatic carbocycles. The third-order valence-corrected chi connectivity index (χ3v) is 4.60. The van der Waals surface area contributed by atoms with Gasteiger partial charge in [0.1, 0.15) is 0 Å². The van der Waals surface area contributed by atoms with E-state index in [1.165, 1.54) is 6.92 Å². The first-order chi connectivity index (χ1) is 12.0. The number of benzene rings is 1. The van der Waals surface area contributed by atoms with Gasteiger partial charge in [0.2, 0.25) is 11.8 Å². The molecule has 2 atom stereocenters. The van der Waals surface area contributed by atoms with E-state index in [0.29, 0.717) is 19.5 Å². The van der Waals surface area contributed by atoms with Gasteiger partial charge in [0.15, 0.2) is 0 Å². The molecule has 0 radical (unpaired) electrons.